The summed E-state index contributed by atoms with van der Waals surface area (Å²) in [4.78, 5) is 10.2. The molecule has 0 unspecified atom stereocenters. The van der Waals surface area contributed by atoms with Crippen LogP contribution in [0.25, 0.3) is 11.1 Å². The SMILES string of the molecule is O=[N+]([O-])c1ccc(-c2ccc3c(c2)CNC3)cc1. The maximum absolute atomic E-state index is 10.6. The van der Waals surface area contributed by atoms with Crippen molar-refractivity contribution in [2.45, 2.75) is 13.1 Å². The minimum absolute atomic E-state index is 0.126. The third-order valence-corrected chi connectivity index (χ3v) is 3.25. The van der Waals surface area contributed by atoms with E-state index >= 15 is 0 Å². The molecule has 1 aliphatic rings. The predicted molar refractivity (Wildman–Crippen MR) is 69.1 cm³/mol. The van der Waals surface area contributed by atoms with Crippen LogP contribution in [0.3, 0.4) is 0 Å². The van der Waals surface area contributed by atoms with E-state index < -0.39 is 0 Å². The number of nitrogens with one attached hydrogen (secondary N) is 1. The molecule has 3 rings (SSSR count). The summed E-state index contributed by atoms with van der Waals surface area (Å²) in [5.41, 5.74) is 4.88. The fourth-order valence-corrected chi connectivity index (χ4v) is 2.25. The molecule has 0 saturated carbocycles. The van der Waals surface area contributed by atoms with E-state index in [0.717, 1.165) is 24.2 Å². The normalized spacial score (nSPS) is 13.3. The first-order valence-corrected chi connectivity index (χ1v) is 5.81. The Labute approximate surface area is 104 Å². The van der Waals surface area contributed by atoms with Gasteiger partial charge in [0.05, 0.1) is 4.92 Å². The van der Waals surface area contributed by atoms with Gasteiger partial charge in [-0.15, -0.1) is 0 Å². The molecule has 0 aromatic heterocycles. The molecule has 18 heavy (non-hydrogen) atoms. The fraction of sp³-hybridized carbons (Fsp3) is 0.143. The lowest BCUT2D eigenvalue weighted by molar-refractivity contribution is -0.384. The smallest absolute Gasteiger partial charge is 0.269 e. The van der Waals surface area contributed by atoms with Crippen LogP contribution in [-0.4, -0.2) is 4.92 Å². The number of nitrogens with zero attached hydrogens (tertiary/aromatic N) is 1. The molecule has 0 spiro atoms. The molecule has 2 aromatic rings. The van der Waals surface area contributed by atoms with Crippen LogP contribution in [0.1, 0.15) is 11.1 Å². The molecule has 1 heterocycles. The Kier molecular flexibility index (Phi) is 2.57. The van der Waals surface area contributed by atoms with Crippen LogP contribution in [0.2, 0.25) is 0 Å². The fourth-order valence-electron chi connectivity index (χ4n) is 2.25. The Morgan fingerprint density at radius 3 is 2.33 bits per heavy atom. The van der Waals surface area contributed by atoms with E-state index in [9.17, 15) is 10.1 Å². The van der Waals surface area contributed by atoms with Gasteiger partial charge in [0, 0.05) is 25.2 Å². The van der Waals surface area contributed by atoms with E-state index in [2.05, 4.69) is 23.5 Å². The van der Waals surface area contributed by atoms with Gasteiger partial charge in [-0.1, -0.05) is 12.1 Å². The van der Waals surface area contributed by atoms with Crippen LogP contribution in [-0.2, 0) is 13.1 Å². The van der Waals surface area contributed by atoms with Crippen molar-refractivity contribution in [3.8, 4) is 11.1 Å². The Balaban J connectivity index is 1.97. The summed E-state index contributed by atoms with van der Waals surface area (Å²) in [7, 11) is 0. The van der Waals surface area contributed by atoms with Gasteiger partial charge in [0.2, 0.25) is 0 Å². The predicted octanol–water partition coefficient (Wildman–Crippen LogP) is 2.87. The summed E-state index contributed by atoms with van der Waals surface area (Å²) in [6, 6.07) is 13.0. The first-order chi connectivity index (χ1) is 8.74. The number of non-ortho nitro benzene ring substituents is 1. The minimum atomic E-state index is -0.379. The highest BCUT2D eigenvalue weighted by atomic mass is 16.6. The van der Waals surface area contributed by atoms with Crippen molar-refractivity contribution in [3.05, 3.63) is 63.7 Å². The van der Waals surface area contributed by atoms with Gasteiger partial charge in [-0.05, 0) is 40.5 Å². The quantitative estimate of drug-likeness (QED) is 0.648. The largest absolute Gasteiger partial charge is 0.309 e. The third kappa shape index (κ3) is 1.87. The zero-order chi connectivity index (χ0) is 12.5. The highest BCUT2D eigenvalue weighted by Crippen LogP contribution is 2.26. The zero-order valence-corrected chi connectivity index (χ0v) is 9.72. The molecule has 1 N–H and O–H groups in total. The summed E-state index contributed by atoms with van der Waals surface area (Å²) in [5, 5.41) is 13.9. The Morgan fingerprint density at radius 1 is 0.944 bits per heavy atom. The molecule has 0 atom stereocenters. The molecular weight excluding hydrogens is 228 g/mol. The number of rotatable bonds is 2. The number of nitro groups is 1. The second kappa shape index (κ2) is 4.23. The molecule has 2 aromatic carbocycles. The van der Waals surface area contributed by atoms with Crippen LogP contribution in [0.4, 0.5) is 5.69 Å². The van der Waals surface area contributed by atoms with Gasteiger partial charge in [0.1, 0.15) is 0 Å². The van der Waals surface area contributed by atoms with Gasteiger partial charge >= 0.3 is 0 Å². The van der Waals surface area contributed by atoms with Crippen molar-refractivity contribution in [3.63, 3.8) is 0 Å². The average molecular weight is 240 g/mol. The molecule has 0 radical (unpaired) electrons. The Hall–Kier alpha value is -2.20. The number of nitro benzene ring substituents is 1. The summed E-state index contributed by atoms with van der Waals surface area (Å²) < 4.78 is 0. The van der Waals surface area contributed by atoms with Crippen molar-refractivity contribution in [2.75, 3.05) is 0 Å². The number of hydrogen-bond acceptors (Lipinski definition) is 3. The van der Waals surface area contributed by atoms with Crippen molar-refractivity contribution < 1.29 is 4.92 Å². The lowest BCUT2D eigenvalue weighted by atomic mass is 10.0. The van der Waals surface area contributed by atoms with Gasteiger partial charge < -0.3 is 5.32 Å². The second-order valence-corrected chi connectivity index (χ2v) is 4.39. The minimum Gasteiger partial charge on any atom is -0.309 e. The van der Waals surface area contributed by atoms with Crippen LogP contribution in [0, 0.1) is 10.1 Å². The first-order valence-electron chi connectivity index (χ1n) is 5.81. The standard InChI is InChI=1S/C14H12N2O2/c17-16(18)14-5-3-10(4-6-14)11-1-2-12-8-15-9-13(12)7-11/h1-7,15H,8-9H2. The number of benzene rings is 2. The summed E-state index contributed by atoms with van der Waals surface area (Å²) in [6.45, 7) is 1.83. The molecule has 90 valence electrons. The summed E-state index contributed by atoms with van der Waals surface area (Å²) >= 11 is 0. The second-order valence-electron chi connectivity index (χ2n) is 4.39. The van der Waals surface area contributed by atoms with Crippen LogP contribution in [0.15, 0.2) is 42.5 Å². The van der Waals surface area contributed by atoms with Gasteiger partial charge in [-0.25, -0.2) is 0 Å². The van der Waals surface area contributed by atoms with Gasteiger partial charge in [0.25, 0.3) is 5.69 Å². The van der Waals surface area contributed by atoms with E-state index in [1.165, 1.54) is 11.1 Å². The number of fused-ring (bicyclic) bond motifs is 1. The van der Waals surface area contributed by atoms with Gasteiger partial charge in [-0.3, -0.25) is 10.1 Å². The molecule has 4 nitrogen and oxygen atoms in total. The molecule has 0 fully saturated rings. The molecule has 0 amide bonds. The molecule has 1 aliphatic heterocycles. The van der Waals surface area contributed by atoms with Crippen molar-refractivity contribution in [1.29, 1.82) is 0 Å². The van der Waals surface area contributed by atoms with Crippen molar-refractivity contribution >= 4 is 5.69 Å². The average Bonchev–Trinajstić information content (AvgIpc) is 2.86. The van der Waals surface area contributed by atoms with Crippen molar-refractivity contribution in [2.24, 2.45) is 0 Å². The van der Waals surface area contributed by atoms with E-state index in [1.54, 1.807) is 24.3 Å². The van der Waals surface area contributed by atoms with Crippen LogP contribution < -0.4 is 5.32 Å². The highest BCUT2D eigenvalue weighted by molar-refractivity contribution is 5.66. The van der Waals surface area contributed by atoms with E-state index in [4.69, 9.17) is 0 Å². The lowest BCUT2D eigenvalue weighted by Crippen LogP contribution is -1.99. The Bertz CT molecular complexity index is 606. The topological polar surface area (TPSA) is 55.2 Å². The highest BCUT2D eigenvalue weighted by Gasteiger charge is 2.11. The monoisotopic (exact) mass is 240 g/mol. The summed E-state index contributed by atoms with van der Waals surface area (Å²) in [6.07, 6.45) is 0. The molecule has 0 bridgehead atoms. The Morgan fingerprint density at radius 2 is 1.61 bits per heavy atom. The maximum Gasteiger partial charge on any atom is 0.269 e. The zero-order valence-electron chi connectivity index (χ0n) is 9.72. The molecule has 4 heteroatoms. The first kappa shape index (κ1) is 10.9. The number of hydrogen-bond donors (Lipinski definition) is 1. The van der Waals surface area contributed by atoms with E-state index in [-0.39, 0.29) is 10.6 Å². The molecule has 0 aliphatic carbocycles. The van der Waals surface area contributed by atoms with Crippen molar-refractivity contribution in [1.82, 2.24) is 5.32 Å². The van der Waals surface area contributed by atoms with Crippen LogP contribution in [0.5, 0.6) is 0 Å². The lowest BCUT2D eigenvalue weighted by Gasteiger charge is -2.04. The molecule has 0 saturated heterocycles. The summed E-state index contributed by atoms with van der Waals surface area (Å²) in [5.74, 6) is 0. The van der Waals surface area contributed by atoms with E-state index in [1.807, 2.05) is 0 Å². The maximum atomic E-state index is 10.6. The van der Waals surface area contributed by atoms with Gasteiger partial charge in [0.15, 0.2) is 0 Å². The van der Waals surface area contributed by atoms with E-state index in [0.29, 0.717) is 0 Å². The molecular formula is C14H12N2O2. The van der Waals surface area contributed by atoms with Crippen LogP contribution >= 0.6 is 0 Å². The van der Waals surface area contributed by atoms with Gasteiger partial charge in [-0.2, -0.15) is 0 Å². The third-order valence-electron chi connectivity index (χ3n) is 3.25.